The van der Waals surface area contributed by atoms with Gasteiger partial charge in [0.15, 0.2) is 0 Å². The van der Waals surface area contributed by atoms with Crippen molar-refractivity contribution in [1.29, 1.82) is 0 Å². The molecular formula is C16H20N2O3. The van der Waals surface area contributed by atoms with Gasteiger partial charge in [-0.2, -0.15) is 0 Å². The molecule has 0 aliphatic carbocycles. The Kier molecular flexibility index (Phi) is 4.62. The quantitative estimate of drug-likeness (QED) is 0.858. The van der Waals surface area contributed by atoms with Gasteiger partial charge in [0, 0.05) is 23.1 Å². The van der Waals surface area contributed by atoms with Crippen LogP contribution in [0.3, 0.4) is 0 Å². The van der Waals surface area contributed by atoms with Gasteiger partial charge in [-0.05, 0) is 19.4 Å². The average Bonchev–Trinajstić information content (AvgIpc) is 2.78. The number of benzene rings is 1. The van der Waals surface area contributed by atoms with Crippen LogP contribution in [0.2, 0.25) is 0 Å². The highest BCUT2D eigenvalue weighted by atomic mass is 16.4. The molecule has 112 valence electrons. The molecule has 1 atom stereocenters. The molecule has 5 heteroatoms. The second-order valence-electron chi connectivity index (χ2n) is 5.25. The van der Waals surface area contributed by atoms with Crippen LogP contribution in [-0.2, 0) is 11.3 Å². The molecule has 5 nitrogen and oxygen atoms in total. The van der Waals surface area contributed by atoms with Crippen LogP contribution in [0, 0.1) is 0 Å². The van der Waals surface area contributed by atoms with Crippen LogP contribution in [0.1, 0.15) is 37.0 Å². The van der Waals surface area contributed by atoms with E-state index >= 15 is 0 Å². The number of hydrogen-bond acceptors (Lipinski definition) is 2. The predicted molar refractivity (Wildman–Crippen MR) is 81.4 cm³/mol. The van der Waals surface area contributed by atoms with E-state index in [1.807, 2.05) is 19.1 Å². The summed E-state index contributed by atoms with van der Waals surface area (Å²) in [5, 5.41) is 12.8. The predicted octanol–water partition coefficient (Wildman–Crippen LogP) is 2.64. The van der Waals surface area contributed by atoms with Gasteiger partial charge in [-0.15, -0.1) is 0 Å². The number of rotatable bonds is 6. The fraction of sp³-hybridized carbons (Fsp3) is 0.375. The van der Waals surface area contributed by atoms with Crippen LogP contribution in [0.4, 0.5) is 0 Å². The molecule has 0 fully saturated rings. The minimum absolute atomic E-state index is 0.103. The first-order chi connectivity index (χ1) is 10.0. The Bertz CT molecular complexity index is 661. The standard InChI is InChI=1S/C16H20N2O3/c1-3-6-11(2)17-15(19)10-18-9-13(16(20)21)12-7-4-5-8-14(12)18/h4-5,7-9,11H,3,6,10H2,1-2H3,(H,17,19)(H,20,21). The highest BCUT2D eigenvalue weighted by Crippen LogP contribution is 2.21. The van der Waals surface area contributed by atoms with E-state index in [9.17, 15) is 14.7 Å². The molecule has 0 aliphatic heterocycles. The Balaban J connectivity index is 2.22. The summed E-state index contributed by atoms with van der Waals surface area (Å²) in [6.07, 6.45) is 3.46. The number of hydrogen-bond donors (Lipinski definition) is 2. The SMILES string of the molecule is CCCC(C)NC(=O)Cn1cc(C(=O)O)c2ccccc21. The molecule has 1 aromatic carbocycles. The summed E-state index contributed by atoms with van der Waals surface area (Å²) >= 11 is 0. The molecule has 1 aromatic heterocycles. The molecule has 2 aromatic rings. The lowest BCUT2D eigenvalue weighted by atomic mass is 10.2. The van der Waals surface area contributed by atoms with Gasteiger partial charge in [0.25, 0.3) is 0 Å². The third kappa shape index (κ3) is 3.42. The lowest BCUT2D eigenvalue weighted by Crippen LogP contribution is -2.34. The molecular weight excluding hydrogens is 268 g/mol. The van der Waals surface area contributed by atoms with Crippen molar-refractivity contribution in [2.24, 2.45) is 0 Å². The maximum atomic E-state index is 12.0. The summed E-state index contributed by atoms with van der Waals surface area (Å²) in [6.45, 7) is 4.17. The number of carboxylic acids is 1. The zero-order valence-corrected chi connectivity index (χ0v) is 12.3. The topological polar surface area (TPSA) is 71.3 Å². The van der Waals surface area contributed by atoms with Crippen molar-refractivity contribution in [3.05, 3.63) is 36.0 Å². The monoisotopic (exact) mass is 288 g/mol. The third-order valence-electron chi connectivity index (χ3n) is 3.46. The van der Waals surface area contributed by atoms with Crippen LogP contribution >= 0.6 is 0 Å². The van der Waals surface area contributed by atoms with Gasteiger partial charge in [-0.1, -0.05) is 31.5 Å². The molecule has 1 unspecified atom stereocenters. The molecule has 2 N–H and O–H groups in total. The van der Waals surface area contributed by atoms with Crippen molar-refractivity contribution in [1.82, 2.24) is 9.88 Å². The number of carbonyl (C=O) groups excluding carboxylic acids is 1. The van der Waals surface area contributed by atoms with Gasteiger partial charge in [0.2, 0.25) is 5.91 Å². The largest absolute Gasteiger partial charge is 0.478 e. The van der Waals surface area contributed by atoms with Gasteiger partial charge in [-0.3, -0.25) is 4.79 Å². The van der Waals surface area contributed by atoms with Gasteiger partial charge in [0.05, 0.1) is 5.56 Å². The molecule has 0 bridgehead atoms. The smallest absolute Gasteiger partial charge is 0.337 e. The van der Waals surface area contributed by atoms with Crippen LogP contribution in [0.5, 0.6) is 0 Å². The molecule has 21 heavy (non-hydrogen) atoms. The highest BCUT2D eigenvalue weighted by molar-refractivity contribution is 6.03. The summed E-state index contributed by atoms with van der Waals surface area (Å²) in [5.74, 6) is -1.08. The van der Waals surface area contributed by atoms with E-state index < -0.39 is 5.97 Å². The summed E-state index contributed by atoms with van der Waals surface area (Å²) < 4.78 is 1.69. The first-order valence-electron chi connectivity index (χ1n) is 7.13. The number of carboxylic acid groups (broad SMARTS) is 1. The fourth-order valence-electron chi connectivity index (χ4n) is 2.53. The summed E-state index contributed by atoms with van der Waals surface area (Å²) in [5.41, 5.74) is 0.980. The zero-order valence-electron chi connectivity index (χ0n) is 12.3. The molecule has 0 saturated carbocycles. The average molecular weight is 288 g/mol. The molecule has 0 radical (unpaired) electrons. The van der Waals surface area contributed by atoms with Gasteiger partial charge in [0.1, 0.15) is 6.54 Å². The maximum absolute atomic E-state index is 12.0. The normalized spacial score (nSPS) is 12.3. The van der Waals surface area contributed by atoms with Crippen molar-refractivity contribution >= 4 is 22.8 Å². The Morgan fingerprint density at radius 3 is 2.71 bits per heavy atom. The number of aromatic nitrogens is 1. The van der Waals surface area contributed by atoms with E-state index in [1.54, 1.807) is 16.7 Å². The minimum Gasteiger partial charge on any atom is -0.478 e. The van der Waals surface area contributed by atoms with E-state index in [1.165, 1.54) is 6.20 Å². The lowest BCUT2D eigenvalue weighted by molar-refractivity contribution is -0.122. The van der Waals surface area contributed by atoms with Crippen LogP contribution in [-0.4, -0.2) is 27.6 Å². The third-order valence-corrected chi connectivity index (χ3v) is 3.46. The summed E-state index contributed by atoms with van der Waals surface area (Å²) in [6, 6.07) is 7.34. The molecule has 0 spiro atoms. The van der Waals surface area contributed by atoms with E-state index in [0.717, 1.165) is 18.4 Å². The number of para-hydroxylation sites is 1. The van der Waals surface area contributed by atoms with Crippen molar-refractivity contribution in [2.45, 2.75) is 39.3 Å². The lowest BCUT2D eigenvalue weighted by Gasteiger charge is -2.13. The first kappa shape index (κ1) is 15.1. The molecule has 2 rings (SSSR count). The van der Waals surface area contributed by atoms with Crippen LogP contribution < -0.4 is 5.32 Å². The Hall–Kier alpha value is -2.30. The Labute approximate surface area is 123 Å². The number of nitrogens with zero attached hydrogens (tertiary/aromatic N) is 1. The fourth-order valence-corrected chi connectivity index (χ4v) is 2.53. The molecule has 0 saturated heterocycles. The number of carbonyl (C=O) groups is 2. The summed E-state index contributed by atoms with van der Waals surface area (Å²) in [4.78, 5) is 23.3. The van der Waals surface area contributed by atoms with E-state index in [-0.39, 0.29) is 24.1 Å². The Morgan fingerprint density at radius 2 is 2.05 bits per heavy atom. The number of amides is 1. The van der Waals surface area contributed by atoms with Crippen LogP contribution in [0.25, 0.3) is 10.9 Å². The number of aromatic carboxylic acids is 1. The van der Waals surface area contributed by atoms with Crippen molar-refractivity contribution in [2.75, 3.05) is 0 Å². The maximum Gasteiger partial charge on any atom is 0.337 e. The van der Waals surface area contributed by atoms with E-state index in [4.69, 9.17) is 0 Å². The Morgan fingerprint density at radius 1 is 1.33 bits per heavy atom. The zero-order chi connectivity index (χ0) is 15.4. The second kappa shape index (κ2) is 6.43. The van der Waals surface area contributed by atoms with Gasteiger partial charge >= 0.3 is 5.97 Å². The first-order valence-corrected chi connectivity index (χ1v) is 7.13. The number of fused-ring (bicyclic) bond motifs is 1. The second-order valence-corrected chi connectivity index (χ2v) is 5.25. The van der Waals surface area contributed by atoms with Crippen molar-refractivity contribution < 1.29 is 14.7 Å². The summed E-state index contributed by atoms with van der Waals surface area (Å²) in [7, 11) is 0. The highest BCUT2D eigenvalue weighted by Gasteiger charge is 2.15. The van der Waals surface area contributed by atoms with E-state index in [2.05, 4.69) is 12.2 Å². The molecule has 0 aliphatic rings. The van der Waals surface area contributed by atoms with Crippen molar-refractivity contribution in [3.63, 3.8) is 0 Å². The van der Waals surface area contributed by atoms with Gasteiger partial charge < -0.3 is 15.0 Å². The minimum atomic E-state index is -0.982. The molecule has 1 heterocycles. The van der Waals surface area contributed by atoms with Gasteiger partial charge in [-0.25, -0.2) is 4.79 Å². The van der Waals surface area contributed by atoms with Crippen LogP contribution in [0.15, 0.2) is 30.5 Å². The number of nitrogens with one attached hydrogen (secondary N) is 1. The molecule has 1 amide bonds. The van der Waals surface area contributed by atoms with Crippen molar-refractivity contribution in [3.8, 4) is 0 Å². The van der Waals surface area contributed by atoms with E-state index in [0.29, 0.717) is 5.39 Å².